The minimum atomic E-state index is -0.690. The molecule has 0 bridgehead atoms. The van der Waals surface area contributed by atoms with Crippen molar-refractivity contribution in [2.75, 3.05) is 6.54 Å². The van der Waals surface area contributed by atoms with Crippen LogP contribution < -0.4 is 5.73 Å². The molecule has 0 aromatic carbocycles. The van der Waals surface area contributed by atoms with Gasteiger partial charge in [0.15, 0.2) is 11.6 Å². The molecule has 5 nitrogen and oxygen atoms in total. The van der Waals surface area contributed by atoms with E-state index < -0.39 is 6.10 Å². The Morgan fingerprint density at radius 1 is 1.69 bits per heavy atom. The standard InChI is InChI=1S/C8H14N4O/c1-12-8(6(13)4-9)10-7(11-12)5-2-3-5/h5-6,13H,2-4,9H2,1H3. The first-order valence-corrected chi connectivity index (χ1v) is 4.51. The Hall–Kier alpha value is -0.940. The highest BCUT2D eigenvalue weighted by atomic mass is 16.3. The van der Waals surface area contributed by atoms with Gasteiger partial charge in [-0.05, 0) is 12.8 Å². The average molecular weight is 182 g/mol. The van der Waals surface area contributed by atoms with Crippen molar-refractivity contribution in [1.82, 2.24) is 14.8 Å². The summed E-state index contributed by atoms with van der Waals surface area (Å²) in [5.74, 6) is 1.94. The second kappa shape index (κ2) is 3.08. The molecule has 3 N–H and O–H groups in total. The lowest BCUT2D eigenvalue weighted by atomic mass is 10.3. The zero-order valence-electron chi connectivity index (χ0n) is 7.64. The minimum Gasteiger partial charge on any atom is -0.384 e. The van der Waals surface area contributed by atoms with E-state index in [1.165, 1.54) is 12.8 Å². The van der Waals surface area contributed by atoms with E-state index in [1.54, 1.807) is 11.7 Å². The monoisotopic (exact) mass is 182 g/mol. The topological polar surface area (TPSA) is 77.0 Å². The van der Waals surface area contributed by atoms with E-state index in [9.17, 15) is 5.11 Å². The summed E-state index contributed by atoms with van der Waals surface area (Å²) in [6, 6.07) is 0. The van der Waals surface area contributed by atoms with Gasteiger partial charge in [0, 0.05) is 19.5 Å². The van der Waals surface area contributed by atoms with E-state index in [0.29, 0.717) is 11.7 Å². The molecule has 1 saturated carbocycles. The average Bonchev–Trinajstić information content (AvgIpc) is 2.89. The third kappa shape index (κ3) is 1.57. The molecule has 0 saturated heterocycles. The van der Waals surface area contributed by atoms with Gasteiger partial charge in [0.1, 0.15) is 6.10 Å². The Bertz CT molecular complexity index is 305. The number of nitrogens with two attached hydrogens (primary N) is 1. The summed E-state index contributed by atoms with van der Waals surface area (Å²) in [5.41, 5.74) is 5.34. The van der Waals surface area contributed by atoms with Crippen LogP contribution in [-0.4, -0.2) is 26.4 Å². The Labute approximate surface area is 76.6 Å². The highest BCUT2D eigenvalue weighted by molar-refractivity contribution is 5.07. The quantitative estimate of drug-likeness (QED) is 0.672. The smallest absolute Gasteiger partial charge is 0.157 e. The van der Waals surface area contributed by atoms with Crippen LogP contribution >= 0.6 is 0 Å². The van der Waals surface area contributed by atoms with Gasteiger partial charge in [0.05, 0.1) is 0 Å². The van der Waals surface area contributed by atoms with Crippen LogP contribution in [-0.2, 0) is 7.05 Å². The number of aliphatic hydroxyl groups excluding tert-OH is 1. The van der Waals surface area contributed by atoms with Crippen molar-refractivity contribution in [2.24, 2.45) is 12.8 Å². The molecule has 1 aliphatic rings. The fourth-order valence-corrected chi connectivity index (χ4v) is 1.33. The molecule has 0 aliphatic heterocycles. The summed E-state index contributed by atoms with van der Waals surface area (Å²) in [6.07, 6.45) is 1.65. The number of hydrogen-bond acceptors (Lipinski definition) is 4. The summed E-state index contributed by atoms with van der Waals surface area (Å²) >= 11 is 0. The van der Waals surface area contributed by atoms with Crippen molar-refractivity contribution in [1.29, 1.82) is 0 Å². The van der Waals surface area contributed by atoms with Crippen LogP contribution in [0.2, 0.25) is 0 Å². The van der Waals surface area contributed by atoms with Gasteiger partial charge in [-0.15, -0.1) is 0 Å². The highest BCUT2D eigenvalue weighted by Crippen LogP contribution is 2.38. The van der Waals surface area contributed by atoms with Crippen molar-refractivity contribution >= 4 is 0 Å². The van der Waals surface area contributed by atoms with Crippen molar-refractivity contribution in [3.05, 3.63) is 11.6 Å². The lowest BCUT2D eigenvalue weighted by Crippen LogP contribution is -2.16. The number of rotatable bonds is 3. The third-order valence-corrected chi connectivity index (χ3v) is 2.28. The van der Waals surface area contributed by atoms with Gasteiger partial charge in [-0.2, -0.15) is 5.10 Å². The van der Waals surface area contributed by atoms with Crippen LogP contribution in [0, 0.1) is 0 Å². The van der Waals surface area contributed by atoms with Crippen LogP contribution in [0.15, 0.2) is 0 Å². The van der Waals surface area contributed by atoms with Gasteiger partial charge >= 0.3 is 0 Å². The Morgan fingerprint density at radius 3 is 2.92 bits per heavy atom. The van der Waals surface area contributed by atoms with Crippen molar-refractivity contribution in [3.8, 4) is 0 Å². The molecule has 1 fully saturated rings. The lowest BCUT2D eigenvalue weighted by molar-refractivity contribution is 0.171. The van der Waals surface area contributed by atoms with E-state index in [0.717, 1.165) is 5.82 Å². The van der Waals surface area contributed by atoms with Gasteiger partial charge in [-0.25, -0.2) is 4.98 Å². The molecule has 1 unspecified atom stereocenters. The number of aliphatic hydroxyl groups is 1. The summed E-state index contributed by atoms with van der Waals surface area (Å²) in [4.78, 5) is 4.26. The molecular weight excluding hydrogens is 168 g/mol. The van der Waals surface area contributed by atoms with Crippen LogP contribution in [0.25, 0.3) is 0 Å². The van der Waals surface area contributed by atoms with Crippen molar-refractivity contribution in [2.45, 2.75) is 24.9 Å². The molecule has 1 aromatic heterocycles. The van der Waals surface area contributed by atoms with E-state index in [4.69, 9.17) is 5.73 Å². The molecule has 0 amide bonds. The molecule has 72 valence electrons. The van der Waals surface area contributed by atoms with E-state index in [2.05, 4.69) is 10.1 Å². The molecule has 5 heteroatoms. The van der Waals surface area contributed by atoms with Crippen molar-refractivity contribution in [3.63, 3.8) is 0 Å². The molecule has 1 atom stereocenters. The molecule has 1 heterocycles. The molecule has 1 aromatic rings. The number of hydrogen-bond donors (Lipinski definition) is 2. The predicted octanol–water partition coefficient (Wildman–Crippen LogP) is -0.315. The number of nitrogens with zero attached hydrogens (tertiary/aromatic N) is 3. The zero-order chi connectivity index (χ0) is 9.42. The van der Waals surface area contributed by atoms with Gasteiger partial charge in [0.2, 0.25) is 0 Å². The molecule has 2 rings (SSSR count). The van der Waals surface area contributed by atoms with Gasteiger partial charge in [-0.3, -0.25) is 4.68 Å². The number of aryl methyl sites for hydroxylation is 1. The molecule has 13 heavy (non-hydrogen) atoms. The Balaban J connectivity index is 2.24. The molecule has 0 radical (unpaired) electrons. The fraction of sp³-hybridized carbons (Fsp3) is 0.750. The maximum absolute atomic E-state index is 9.48. The first kappa shape index (κ1) is 8.65. The van der Waals surface area contributed by atoms with Crippen LogP contribution in [0.3, 0.4) is 0 Å². The van der Waals surface area contributed by atoms with Gasteiger partial charge in [0.25, 0.3) is 0 Å². The van der Waals surface area contributed by atoms with E-state index in [-0.39, 0.29) is 6.54 Å². The van der Waals surface area contributed by atoms with Gasteiger partial charge < -0.3 is 10.8 Å². The van der Waals surface area contributed by atoms with E-state index in [1.807, 2.05) is 0 Å². The zero-order valence-corrected chi connectivity index (χ0v) is 7.64. The summed E-state index contributed by atoms with van der Waals surface area (Å²) < 4.78 is 1.62. The molecular formula is C8H14N4O. The summed E-state index contributed by atoms with van der Waals surface area (Å²) in [6.45, 7) is 0.191. The largest absolute Gasteiger partial charge is 0.384 e. The Kier molecular flexibility index (Phi) is 2.05. The van der Waals surface area contributed by atoms with Gasteiger partial charge in [-0.1, -0.05) is 0 Å². The second-order valence-electron chi connectivity index (χ2n) is 3.48. The molecule has 0 spiro atoms. The van der Waals surface area contributed by atoms with Crippen molar-refractivity contribution < 1.29 is 5.11 Å². The summed E-state index contributed by atoms with van der Waals surface area (Å²) in [5, 5.41) is 13.7. The van der Waals surface area contributed by atoms with Crippen LogP contribution in [0.4, 0.5) is 0 Å². The maximum Gasteiger partial charge on any atom is 0.157 e. The summed E-state index contributed by atoms with van der Waals surface area (Å²) in [7, 11) is 1.78. The van der Waals surface area contributed by atoms with Crippen LogP contribution in [0.1, 0.15) is 36.5 Å². The fourth-order valence-electron chi connectivity index (χ4n) is 1.33. The maximum atomic E-state index is 9.48. The normalized spacial score (nSPS) is 19.0. The minimum absolute atomic E-state index is 0.191. The first-order valence-electron chi connectivity index (χ1n) is 4.51. The first-order chi connectivity index (χ1) is 6.22. The lowest BCUT2D eigenvalue weighted by Gasteiger charge is -2.04. The van der Waals surface area contributed by atoms with Crippen LogP contribution in [0.5, 0.6) is 0 Å². The predicted molar refractivity (Wildman–Crippen MR) is 47.0 cm³/mol. The van der Waals surface area contributed by atoms with E-state index >= 15 is 0 Å². The Morgan fingerprint density at radius 2 is 2.38 bits per heavy atom. The second-order valence-corrected chi connectivity index (χ2v) is 3.48. The third-order valence-electron chi connectivity index (χ3n) is 2.28. The highest BCUT2D eigenvalue weighted by Gasteiger charge is 2.29. The number of aromatic nitrogens is 3. The SMILES string of the molecule is Cn1nc(C2CC2)nc1C(O)CN. The molecule has 1 aliphatic carbocycles.